The van der Waals surface area contributed by atoms with Gasteiger partial charge in [0.15, 0.2) is 5.82 Å². The molecule has 0 saturated heterocycles. The first-order valence-electron chi connectivity index (χ1n) is 13.1. The zero-order valence-electron chi connectivity index (χ0n) is 22.8. The molecule has 204 valence electrons. The van der Waals surface area contributed by atoms with Crippen LogP contribution in [0, 0.1) is 11.6 Å². The molecule has 0 fully saturated rings. The minimum absolute atomic E-state index is 0.120. The van der Waals surface area contributed by atoms with Crippen molar-refractivity contribution in [1.82, 2.24) is 4.90 Å². The highest BCUT2D eigenvalue weighted by Gasteiger charge is 2.46. The molecule has 0 saturated carbocycles. The summed E-state index contributed by atoms with van der Waals surface area (Å²) in [7, 11) is -2.32. The van der Waals surface area contributed by atoms with Gasteiger partial charge in [0.2, 0.25) is 0 Å². The number of halogens is 2. The van der Waals surface area contributed by atoms with E-state index in [1.807, 2.05) is 0 Å². The highest BCUT2D eigenvalue weighted by molar-refractivity contribution is 6.74. The van der Waals surface area contributed by atoms with Crippen molar-refractivity contribution in [2.45, 2.75) is 69.9 Å². The lowest BCUT2D eigenvalue weighted by Crippen LogP contribution is -2.47. The quantitative estimate of drug-likeness (QED) is 0.315. The highest BCUT2D eigenvalue weighted by Crippen LogP contribution is 2.40. The topological polar surface area (TPSA) is 67.4 Å². The van der Waals surface area contributed by atoms with Crippen molar-refractivity contribution >= 4 is 26.3 Å². The number of nitrogens with zero attached hydrogens (tertiary/aromatic N) is 3. The van der Waals surface area contributed by atoms with Crippen LogP contribution in [0.25, 0.3) is 0 Å². The minimum Gasteiger partial charge on any atom is -0.542 e. The second-order valence-electron chi connectivity index (χ2n) is 11.6. The highest BCUT2D eigenvalue weighted by atomic mass is 28.4. The van der Waals surface area contributed by atoms with Gasteiger partial charge in [-0.2, -0.15) is 0 Å². The van der Waals surface area contributed by atoms with Crippen LogP contribution in [0.3, 0.4) is 0 Å². The van der Waals surface area contributed by atoms with Crippen molar-refractivity contribution in [3.63, 3.8) is 0 Å². The maximum Gasteiger partial charge on any atom is 0.254 e. The van der Waals surface area contributed by atoms with Gasteiger partial charge < -0.3 is 8.84 Å². The molecule has 0 radical (unpaired) electrons. The van der Waals surface area contributed by atoms with Crippen LogP contribution in [0.5, 0.6) is 5.75 Å². The van der Waals surface area contributed by atoms with Crippen LogP contribution in [0.1, 0.15) is 43.7 Å². The Kier molecular flexibility index (Phi) is 7.05. The van der Waals surface area contributed by atoms with Gasteiger partial charge in [-0.05, 0) is 48.0 Å². The number of fused-ring (bicyclic) bond motifs is 1. The number of aliphatic imine (C=N–C) groups is 2. The minimum atomic E-state index is -2.32. The lowest BCUT2D eigenvalue weighted by atomic mass is 9.98. The first-order valence-corrected chi connectivity index (χ1v) is 16.0. The van der Waals surface area contributed by atoms with E-state index >= 15 is 4.39 Å². The Morgan fingerprint density at radius 1 is 1.00 bits per heavy atom. The molecule has 39 heavy (non-hydrogen) atoms. The zero-order chi connectivity index (χ0) is 27.9. The van der Waals surface area contributed by atoms with Crippen molar-refractivity contribution in [1.29, 1.82) is 0 Å². The van der Waals surface area contributed by atoms with Gasteiger partial charge in [-0.3, -0.25) is 19.7 Å². The predicted molar refractivity (Wildman–Crippen MR) is 150 cm³/mol. The first kappa shape index (κ1) is 27.0. The molecule has 3 unspecified atom stereocenters. The molecule has 3 heterocycles. The number of carbonyl (C=O) groups excluding carboxylic acids is 1. The molecule has 0 N–H and O–H groups in total. The SMILES string of the molecule is CC(C)(C)[Si](C)(C)Oc1cccc(C2C=NC(Cc3ccccc3F)C3=NC(Cc4ccco4)C(=O)N32)c1F. The van der Waals surface area contributed by atoms with Crippen LogP contribution < -0.4 is 4.43 Å². The summed E-state index contributed by atoms with van der Waals surface area (Å²) in [4.78, 5) is 24.7. The van der Waals surface area contributed by atoms with Crippen LogP contribution in [0.2, 0.25) is 18.1 Å². The van der Waals surface area contributed by atoms with Crippen LogP contribution in [-0.4, -0.2) is 43.3 Å². The number of benzene rings is 2. The second-order valence-corrected chi connectivity index (χ2v) is 16.3. The van der Waals surface area contributed by atoms with Gasteiger partial charge in [0.1, 0.15) is 41.3 Å². The van der Waals surface area contributed by atoms with E-state index in [9.17, 15) is 9.18 Å². The monoisotopic (exact) mass is 549 g/mol. The van der Waals surface area contributed by atoms with Gasteiger partial charge in [0.05, 0.1) is 6.26 Å². The largest absolute Gasteiger partial charge is 0.542 e. The number of amides is 1. The fourth-order valence-electron chi connectivity index (χ4n) is 4.65. The van der Waals surface area contributed by atoms with E-state index in [4.69, 9.17) is 13.8 Å². The molecular formula is C30H33F2N3O3Si. The molecule has 1 amide bonds. The fourth-order valence-corrected chi connectivity index (χ4v) is 5.66. The van der Waals surface area contributed by atoms with Crippen molar-refractivity contribution in [3.05, 3.63) is 89.4 Å². The summed E-state index contributed by atoms with van der Waals surface area (Å²) >= 11 is 0. The summed E-state index contributed by atoms with van der Waals surface area (Å²) in [5.41, 5.74) is 0.748. The Morgan fingerprint density at radius 2 is 1.77 bits per heavy atom. The third-order valence-electron chi connectivity index (χ3n) is 7.87. The Bertz CT molecular complexity index is 1430. The Labute approximate surface area is 228 Å². The molecule has 0 bridgehead atoms. The van der Waals surface area contributed by atoms with Crippen LogP contribution in [0.4, 0.5) is 8.78 Å². The first-order chi connectivity index (χ1) is 18.5. The van der Waals surface area contributed by atoms with Gasteiger partial charge >= 0.3 is 0 Å². The molecule has 1 aromatic heterocycles. The molecular weight excluding hydrogens is 516 g/mol. The number of amidine groups is 1. The van der Waals surface area contributed by atoms with Gasteiger partial charge in [-0.15, -0.1) is 0 Å². The number of rotatable bonds is 7. The van der Waals surface area contributed by atoms with Crippen molar-refractivity contribution in [3.8, 4) is 5.75 Å². The third kappa shape index (κ3) is 5.19. The summed E-state index contributed by atoms with van der Waals surface area (Å²) in [6, 6.07) is 12.9. The Morgan fingerprint density at radius 3 is 2.46 bits per heavy atom. The predicted octanol–water partition coefficient (Wildman–Crippen LogP) is 6.53. The van der Waals surface area contributed by atoms with E-state index < -0.39 is 32.3 Å². The smallest absolute Gasteiger partial charge is 0.254 e. The molecule has 6 nitrogen and oxygen atoms in total. The lowest BCUT2D eigenvalue weighted by Gasteiger charge is -2.37. The van der Waals surface area contributed by atoms with Crippen molar-refractivity contribution in [2.75, 3.05) is 0 Å². The second kappa shape index (κ2) is 10.2. The van der Waals surface area contributed by atoms with E-state index in [1.54, 1.807) is 61.0 Å². The summed E-state index contributed by atoms with van der Waals surface area (Å²) in [6.45, 7) is 10.4. The molecule has 3 atom stereocenters. The normalized spacial score (nSPS) is 21.2. The van der Waals surface area contributed by atoms with E-state index in [2.05, 4.69) is 38.9 Å². The average molecular weight is 550 g/mol. The lowest BCUT2D eigenvalue weighted by molar-refractivity contribution is -0.128. The van der Waals surface area contributed by atoms with Crippen molar-refractivity contribution in [2.24, 2.45) is 9.98 Å². The molecule has 2 aromatic carbocycles. The maximum atomic E-state index is 16.1. The van der Waals surface area contributed by atoms with E-state index in [-0.39, 0.29) is 40.9 Å². The Balaban J connectivity index is 1.52. The fraction of sp³-hybridized carbons (Fsp3) is 0.367. The third-order valence-corrected chi connectivity index (χ3v) is 12.2. The van der Waals surface area contributed by atoms with E-state index in [0.29, 0.717) is 17.2 Å². The molecule has 2 aliphatic rings. The average Bonchev–Trinajstić information content (AvgIpc) is 3.50. The molecule has 0 spiro atoms. The molecule has 3 aromatic rings. The maximum absolute atomic E-state index is 16.1. The summed E-state index contributed by atoms with van der Waals surface area (Å²) in [5, 5.41) is -0.120. The van der Waals surface area contributed by atoms with Crippen LogP contribution in [0.15, 0.2) is 75.3 Å². The van der Waals surface area contributed by atoms with Gasteiger partial charge in [-0.1, -0.05) is 51.1 Å². The van der Waals surface area contributed by atoms with E-state index in [0.717, 1.165) is 0 Å². The van der Waals surface area contributed by atoms with Crippen LogP contribution in [-0.2, 0) is 17.6 Å². The Hall–Kier alpha value is -3.59. The molecule has 0 aliphatic carbocycles. The van der Waals surface area contributed by atoms with Gasteiger partial charge in [-0.25, -0.2) is 8.78 Å². The summed E-state index contributed by atoms with van der Waals surface area (Å²) in [6.07, 6.45) is 3.61. The van der Waals surface area contributed by atoms with Gasteiger partial charge in [0.25, 0.3) is 14.2 Å². The van der Waals surface area contributed by atoms with Crippen molar-refractivity contribution < 1.29 is 22.4 Å². The van der Waals surface area contributed by atoms with Crippen LogP contribution >= 0.6 is 0 Å². The molecule has 5 rings (SSSR count). The molecule has 2 aliphatic heterocycles. The summed E-state index contributed by atoms with van der Waals surface area (Å²) in [5.74, 6) is 0.0522. The number of hydrogen-bond acceptors (Lipinski definition) is 5. The standard InChI is InChI=1S/C30H33F2N3O3Si/c1-30(2,3)39(4,5)38-26-14-8-12-21(27(26)32)25-18-33-23(16-19-10-6-7-13-22(19)31)28-34-24(29(36)35(25)28)17-20-11-9-15-37-20/h6-15,18,23-25H,16-17H2,1-5H3. The molecule has 9 heteroatoms. The van der Waals surface area contributed by atoms with Gasteiger partial charge in [0, 0.05) is 24.6 Å². The number of furan rings is 1. The number of hydrogen-bond donors (Lipinski definition) is 0. The zero-order valence-corrected chi connectivity index (χ0v) is 23.8. The number of carbonyl (C=O) groups is 1. The van der Waals surface area contributed by atoms with E-state index in [1.165, 1.54) is 11.0 Å². The summed E-state index contributed by atoms with van der Waals surface area (Å²) < 4.78 is 42.3.